The highest BCUT2D eigenvalue weighted by Gasteiger charge is 2.48. The second-order valence-corrected chi connectivity index (χ2v) is 10.3. The van der Waals surface area contributed by atoms with Crippen LogP contribution in [0.4, 0.5) is 13.2 Å². The molecule has 5 atom stereocenters. The highest BCUT2D eigenvalue weighted by atomic mass is 79.9. The third kappa shape index (κ3) is 5.62. The summed E-state index contributed by atoms with van der Waals surface area (Å²) >= 11 is 4.61. The van der Waals surface area contributed by atoms with Gasteiger partial charge in [0.15, 0.2) is 17.5 Å². The number of aromatic nitrogens is 5. The Balaban J connectivity index is 1.51. The number of aliphatic hydroxyl groups is 2. The summed E-state index contributed by atoms with van der Waals surface area (Å²) in [5, 5.41) is 29.1. The van der Waals surface area contributed by atoms with Gasteiger partial charge in [-0.3, -0.25) is 4.98 Å². The largest absolute Gasteiger partial charge is 0.446 e. The molecule has 38 heavy (non-hydrogen) atoms. The Morgan fingerprint density at radius 1 is 1.16 bits per heavy atom. The summed E-state index contributed by atoms with van der Waals surface area (Å²) in [6, 6.07) is 2.41. The van der Waals surface area contributed by atoms with E-state index in [4.69, 9.17) is 13.9 Å². The van der Waals surface area contributed by atoms with Crippen molar-refractivity contribution in [2.75, 3.05) is 6.61 Å². The molecular weight excluding hydrogens is 595 g/mol. The van der Waals surface area contributed by atoms with Gasteiger partial charge >= 0.3 is 0 Å². The number of oxazole rings is 1. The Bertz CT molecular complexity index is 1370. The third-order valence-electron chi connectivity index (χ3n) is 5.73. The lowest BCUT2D eigenvalue weighted by atomic mass is 9.97. The first kappa shape index (κ1) is 26.8. The molecule has 0 radical (unpaired) electrons. The van der Waals surface area contributed by atoms with Gasteiger partial charge in [0.05, 0.1) is 19.0 Å². The molecule has 1 aromatic carbocycles. The van der Waals surface area contributed by atoms with Crippen molar-refractivity contribution in [3.05, 3.63) is 77.1 Å². The molecule has 0 spiro atoms. The van der Waals surface area contributed by atoms with E-state index in [1.807, 2.05) is 6.07 Å². The summed E-state index contributed by atoms with van der Waals surface area (Å²) < 4.78 is 60.5. The molecule has 0 saturated carbocycles. The van der Waals surface area contributed by atoms with Gasteiger partial charge in [-0.2, -0.15) is 0 Å². The first-order valence-electron chi connectivity index (χ1n) is 11.1. The zero-order chi connectivity index (χ0) is 26.8. The minimum atomic E-state index is -1.60. The molecule has 4 heterocycles. The Hall–Kier alpha value is -2.82. The van der Waals surface area contributed by atoms with Crippen molar-refractivity contribution in [3.63, 3.8) is 0 Å². The van der Waals surface area contributed by atoms with Crippen LogP contribution in [0.1, 0.15) is 11.9 Å². The Kier molecular flexibility index (Phi) is 8.11. The quantitative estimate of drug-likeness (QED) is 0.285. The SMILES string of the molecule is OCC1OC(Sc2cncc(Br)c2)C(OCc2ncco2)C(n2cc(-c3cc(F)c(F)c(F)c3)nn2)C1O. The van der Waals surface area contributed by atoms with E-state index >= 15 is 0 Å². The zero-order valence-corrected chi connectivity index (χ0v) is 21.6. The van der Waals surface area contributed by atoms with Crippen LogP contribution in [0.3, 0.4) is 0 Å². The normalized spacial score (nSPS) is 23.6. The predicted molar refractivity (Wildman–Crippen MR) is 129 cm³/mol. The van der Waals surface area contributed by atoms with Gasteiger partial charge in [-0.15, -0.1) is 5.10 Å². The van der Waals surface area contributed by atoms with Crippen molar-refractivity contribution < 1.29 is 37.3 Å². The van der Waals surface area contributed by atoms with Crippen LogP contribution in [0.5, 0.6) is 0 Å². The Morgan fingerprint density at radius 2 is 1.95 bits per heavy atom. The van der Waals surface area contributed by atoms with E-state index in [-0.39, 0.29) is 23.8 Å². The van der Waals surface area contributed by atoms with Gasteiger partial charge in [-0.05, 0) is 34.1 Å². The fraction of sp³-hybridized carbons (Fsp3) is 0.304. The van der Waals surface area contributed by atoms with Crippen LogP contribution < -0.4 is 0 Å². The molecule has 1 fully saturated rings. The maximum absolute atomic E-state index is 13.8. The molecule has 0 amide bonds. The molecule has 1 saturated heterocycles. The zero-order valence-electron chi connectivity index (χ0n) is 19.2. The monoisotopic (exact) mass is 613 g/mol. The lowest BCUT2D eigenvalue weighted by molar-refractivity contribution is -0.197. The molecule has 3 aromatic heterocycles. The number of aliphatic hydroxyl groups excluding tert-OH is 2. The number of thioether (sulfide) groups is 1. The lowest BCUT2D eigenvalue weighted by Gasteiger charge is -2.43. The maximum Gasteiger partial charge on any atom is 0.219 e. The molecule has 5 unspecified atom stereocenters. The fourth-order valence-electron chi connectivity index (χ4n) is 3.98. The average Bonchev–Trinajstić information content (AvgIpc) is 3.59. The summed E-state index contributed by atoms with van der Waals surface area (Å²) in [5.74, 6) is -4.10. The number of hydrogen-bond donors (Lipinski definition) is 2. The van der Waals surface area contributed by atoms with E-state index in [1.165, 1.54) is 35.1 Å². The van der Waals surface area contributed by atoms with E-state index in [0.29, 0.717) is 4.90 Å². The average molecular weight is 614 g/mol. The summed E-state index contributed by atoms with van der Waals surface area (Å²) in [5.41, 5.74) is -0.829. The van der Waals surface area contributed by atoms with Crippen molar-refractivity contribution in [1.29, 1.82) is 0 Å². The lowest BCUT2D eigenvalue weighted by Crippen LogP contribution is -2.55. The molecule has 10 nitrogen and oxygen atoms in total. The van der Waals surface area contributed by atoms with Gasteiger partial charge in [0.2, 0.25) is 5.89 Å². The number of pyridine rings is 1. The van der Waals surface area contributed by atoms with Crippen LogP contribution in [0.15, 0.2) is 63.0 Å². The molecule has 200 valence electrons. The van der Waals surface area contributed by atoms with E-state index in [2.05, 4.69) is 36.2 Å². The second-order valence-electron chi connectivity index (χ2n) is 8.20. The number of halogens is 4. The smallest absolute Gasteiger partial charge is 0.219 e. The van der Waals surface area contributed by atoms with Crippen molar-refractivity contribution in [1.82, 2.24) is 25.0 Å². The van der Waals surface area contributed by atoms with Crippen LogP contribution in [0.25, 0.3) is 11.3 Å². The van der Waals surface area contributed by atoms with Gasteiger partial charge in [-0.25, -0.2) is 22.8 Å². The summed E-state index contributed by atoms with van der Waals surface area (Å²) in [4.78, 5) is 8.89. The Labute approximate surface area is 225 Å². The van der Waals surface area contributed by atoms with Gasteiger partial charge in [-0.1, -0.05) is 17.0 Å². The van der Waals surface area contributed by atoms with Crippen molar-refractivity contribution in [3.8, 4) is 11.3 Å². The van der Waals surface area contributed by atoms with E-state index in [0.717, 1.165) is 16.6 Å². The molecule has 5 rings (SSSR count). The number of rotatable bonds is 8. The van der Waals surface area contributed by atoms with E-state index in [1.54, 1.807) is 12.4 Å². The highest BCUT2D eigenvalue weighted by Crippen LogP contribution is 2.40. The molecule has 2 N–H and O–H groups in total. The van der Waals surface area contributed by atoms with E-state index in [9.17, 15) is 23.4 Å². The van der Waals surface area contributed by atoms with Crippen LogP contribution in [-0.2, 0) is 16.1 Å². The summed E-state index contributed by atoms with van der Waals surface area (Å²) in [7, 11) is 0. The molecular formula is C23H19BrF3N5O5S. The van der Waals surface area contributed by atoms with Crippen molar-refractivity contribution >= 4 is 27.7 Å². The van der Waals surface area contributed by atoms with Gasteiger partial charge in [0, 0.05) is 27.3 Å². The number of benzene rings is 1. The standard InChI is InChI=1S/C23H19BrF3N5O5S/c24-12-5-13(7-28-6-12)38-23-22(36-10-18-29-1-2-35-18)20(21(34)17(9-33)37-23)32-8-16(30-31-32)11-3-14(25)19(27)15(26)4-11/h1-8,17,20-23,33-34H,9-10H2. The topological polar surface area (TPSA) is 129 Å². The summed E-state index contributed by atoms with van der Waals surface area (Å²) in [6.45, 7) is -0.606. The molecule has 4 aromatic rings. The summed E-state index contributed by atoms with van der Waals surface area (Å²) in [6.07, 6.45) is 4.12. The van der Waals surface area contributed by atoms with Gasteiger partial charge in [0.25, 0.3) is 0 Å². The third-order valence-corrected chi connectivity index (χ3v) is 7.28. The predicted octanol–water partition coefficient (Wildman–Crippen LogP) is 3.50. The molecule has 1 aliphatic heterocycles. The van der Waals surface area contributed by atoms with Crippen LogP contribution in [0.2, 0.25) is 0 Å². The second kappa shape index (κ2) is 11.5. The van der Waals surface area contributed by atoms with Gasteiger partial charge in [0.1, 0.15) is 48.4 Å². The first-order chi connectivity index (χ1) is 18.3. The number of hydrogen-bond acceptors (Lipinski definition) is 10. The Morgan fingerprint density at radius 3 is 2.63 bits per heavy atom. The van der Waals surface area contributed by atoms with Crippen LogP contribution in [0, 0.1) is 17.5 Å². The number of ether oxygens (including phenoxy) is 2. The first-order valence-corrected chi connectivity index (χ1v) is 12.8. The van der Waals surface area contributed by atoms with Crippen LogP contribution in [-0.4, -0.2) is 65.5 Å². The molecule has 15 heteroatoms. The minimum absolute atomic E-state index is 0.0221. The van der Waals surface area contributed by atoms with E-state index < -0.39 is 53.8 Å². The highest BCUT2D eigenvalue weighted by molar-refractivity contribution is 9.10. The molecule has 1 aliphatic rings. The maximum atomic E-state index is 13.8. The minimum Gasteiger partial charge on any atom is -0.446 e. The number of nitrogens with zero attached hydrogens (tertiary/aromatic N) is 5. The van der Waals surface area contributed by atoms with Gasteiger partial charge < -0.3 is 24.1 Å². The van der Waals surface area contributed by atoms with Crippen LogP contribution >= 0.6 is 27.7 Å². The fourth-order valence-corrected chi connectivity index (χ4v) is 5.65. The van der Waals surface area contributed by atoms with Crippen molar-refractivity contribution in [2.45, 2.75) is 41.3 Å². The molecule has 0 bridgehead atoms. The van der Waals surface area contributed by atoms with Crippen molar-refractivity contribution in [2.24, 2.45) is 0 Å². The molecule has 0 aliphatic carbocycles.